The molecule has 0 saturated carbocycles. The van der Waals surface area contributed by atoms with E-state index in [1.54, 1.807) is 7.11 Å². The van der Waals surface area contributed by atoms with Crippen molar-refractivity contribution in [3.63, 3.8) is 0 Å². The zero-order chi connectivity index (χ0) is 16.0. The van der Waals surface area contributed by atoms with E-state index in [2.05, 4.69) is 16.0 Å². The molecule has 2 aromatic rings. The van der Waals surface area contributed by atoms with Crippen molar-refractivity contribution in [2.24, 2.45) is 5.92 Å². The molecule has 0 spiro atoms. The molecule has 1 N–H and O–H groups in total. The van der Waals surface area contributed by atoms with Crippen LogP contribution in [0.4, 0.5) is 0 Å². The molecule has 1 aromatic carbocycles. The highest BCUT2D eigenvalue weighted by Crippen LogP contribution is 2.43. The highest BCUT2D eigenvalue weighted by Gasteiger charge is 2.42. The Bertz CT molecular complexity index is 752. The maximum absolute atomic E-state index is 12.3. The lowest BCUT2D eigenvalue weighted by atomic mass is 9.82. The van der Waals surface area contributed by atoms with Gasteiger partial charge in [-0.2, -0.15) is 0 Å². The summed E-state index contributed by atoms with van der Waals surface area (Å²) in [4.78, 5) is 18.3. The normalized spacial score (nSPS) is 24.1. The second kappa shape index (κ2) is 5.57. The standard InChI is InChI=1S/C18H22N2O3/c1-22-11-5-6-12-13-7-9-20-8-3-4-14(18(21)23-2)17(20)16(13)19-15(12)10-11/h5-6,10,14,17,19H,3-4,7-9H2,1-2H3/t14-,17-/m0/s1. The van der Waals surface area contributed by atoms with E-state index in [1.807, 2.05) is 12.1 Å². The lowest BCUT2D eigenvalue weighted by molar-refractivity contribution is -0.150. The van der Waals surface area contributed by atoms with Crippen LogP contribution in [0.25, 0.3) is 10.9 Å². The average molecular weight is 314 g/mol. The van der Waals surface area contributed by atoms with Crippen molar-refractivity contribution >= 4 is 16.9 Å². The zero-order valence-electron chi connectivity index (χ0n) is 13.6. The molecule has 5 heteroatoms. The molecule has 1 saturated heterocycles. The van der Waals surface area contributed by atoms with Crippen molar-refractivity contribution in [2.75, 3.05) is 27.3 Å². The molecule has 0 unspecified atom stereocenters. The number of fused-ring (bicyclic) bond motifs is 5. The number of esters is 1. The van der Waals surface area contributed by atoms with Gasteiger partial charge in [0.25, 0.3) is 0 Å². The van der Waals surface area contributed by atoms with Crippen LogP contribution in [0.5, 0.6) is 5.75 Å². The first-order valence-corrected chi connectivity index (χ1v) is 8.23. The second-order valence-electron chi connectivity index (χ2n) is 6.43. The quantitative estimate of drug-likeness (QED) is 0.866. The summed E-state index contributed by atoms with van der Waals surface area (Å²) in [5.74, 6) is 0.674. The van der Waals surface area contributed by atoms with Crippen LogP contribution < -0.4 is 4.74 Å². The van der Waals surface area contributed by atoms with Crippen molar-refractivity contribution in [3.8, 4) is 5.75 Å². The number of benzene rings is 1. The molecule has 3 heterocycles. The minimum atomic E-state index is -0.0937. The Kier molecular flexibility index (Phi) is 3.53. The Morgan fingerprint density at radius 3 is 2.96 bits per heavy atom. The fourth-order valence-corrected chi connectivity index (χ4v) is 4.26. The number of aromatic amines is 1. The smallest absolute Gasteiger partial charge is 0.310 e. The van der Waals surface area contributed by atoms with Gasteiger partial charge in [0.15, 0.2) is 0 Å². The van der Waals surface area contributed by atoms with E-state index >= 15 is 0 Å². The third-order valence-corrected chi connectivity index (χ3v) is 5.33. The van der Waals surface area contributed by atoms with Gasteiger partial charge in [-0.3, -0.25) is 9.69 Å². The second-order valence-corrected chi connectivity index (χ2v) is 6.43. The first-order valence-electron chi connectivity index (χ1n) is 8.23. The minimum Gasteiger partial charge on any atom is -0.497 e. The van der Waals surface area contributed by atoms with Gasteiger partial charge in [-0.05, 0) is 43.5 Å². The predicted molar refractivity (Wildman–Crippen MR) is 87.6 cm³/mol. The molecular weight excluding hydrogens is 292 g/mol. The number of hydrogen-bond donors (Lipinski definition) is 1. The van der Waals surface area contributed by atoms with Crippen LogP contribution in [0.3, 0.4) is 0 Å². The van der Waals surface area contributed by atoms with Crippen LogP contribution in [-0.2, 0) is 16.0 Å². The number of ether oxygens (including phenoxy) is 2. The van der Waals surface area contributed by atoms with Crippen LogP contribution in [0.15, 0.2) is 18.2 Å². The number of rotatable bonds is 2. The molecule has 1 aromatic heterocycles. The van der Waals surface area contributed by atoms with E-state index < -0.39 is 0 Å². The van der Waals surface area contributed by atoms with Crippen molar-refractivity contribution in [1.29, 1.82) is 0 Å². The third-order valence-electron chi connectivity index (χ3n) is 5.33. The van der Waals surface area contributed by atoms with E-state index in [0.717, 1.165) is 43.6 Å². The van der Waals surface area contributed by atoms with Gasteiger partial charge in [0.2, 0.25) is 0 Å². The molecule has 5 nitrogen and oxygen atoms in total. The van der Waals surface area contributed by atoms with Crippen LogP contribution in [0, 0.1) is 5.92 Å². The van der Waals surface area contributed by atoms with E-state index in [4.69, 9.17) is 9.47 Å². The highest BCUT2D eigenvalue weighted by atomic mass is 16.5. The highest BCUT2D eigenvalue weighted by molar-refractivity contribution is 5.87. The van der Waals surface area contributed by atoms with Gasteiger partial charge in [-0.25, -0.2) is 0 Å². The molecule has 2 aliphatic heterocycles. The van der Waals surface area contributed by atoms with Gasteiger partial charge in [0, 0.05) is 29.2 Å². The summed E-state index contributed by atoms with van der Waals surface area (Å²) in [6, 6.07) is 6.27. The molecular formula is C18H22N2O3. The number of carbonyl (C=O) groups excluding carboxylic acids is 1. The topological polar surface area (TPSA) is 54.6 Å². The molecule has 122 valence electrons. The lowest BCUT2D eigenvalue weighted by Gasteiger charge is -2.42. The maximum Gasteiger partial charge on any atom is 0.310 e. The average Bonchev–Trinajstić information content (AvgIpc) is 2.98. The van der Waals surface area contributed by atoms with E-state index in [9.17, 15) is 4.79 Å². The number of methoxy groups -OCH3 is 2. The van der Waals surface area contributed by atoms with Gasteiger partial charge in [-0.1, -0.05) is 0 Å². The minimum absolute atomic E-state index is 0.0808. The van der Waals surface area contributed by atoms with Crippen molar-refractivity contribution in [2.45, 2.75) is 25.3 Å². The number of nitrogens with one attached hydrogen (secondary N) is 1. The fourth-order valence-electron chi connectivity index (χ4n) is 4.26. The van der Waals surface area contributed by atoms with Crippen LogP contribution >= 0.6 is 0 Å². The zero-order valence-corrected chi connectivity index (χ0v) is 13.6. The Balaban J connectivity index is 1.83. The lowest BCUT2D eigenvalue weighted by Crippen LogP contribution is -2.45. The summed E-state index contributed by atoms with van der Waals surface area (Å²) in [5, 5.41) is 1.25. The molecule has 2 atom stereocenters. The summed E-state index contributed by atoms with van der Waals surface area (Å²) < 4.78 is 10.4. The molecule has 0 bridgehead atoms. The largest absolute Gasteiger partial charge is 0.497 e. The number of hydrogen-bond acceptors (Lipinski definition) is 4. The van der Waals surface area contributed by atoms with Crippen molar-refractivity contribution in [3.05, 3.63) is 29.5 Å². The molecule has 4 rings (SSSR count). The summed E-state index contributed by atoms with van der Waals surface area (Å²) >= 11 is 0. The van der Waals surface area contributed by atoms with E-state index in [1.165, 1.54) is 23.8 Å². The van der Waals surface area contributed by atoms with Gasteiger partial charge < -0.3 is 14.5 Å². The van der Waals surface area contributed by atoms with Gasteiger partial charge in [0.1, 0.15) is 5.75 Å². The van der Waals surface area contributed by atoms with Crippen LogP contribution in [0.1, 0.15) is 30.1 Å². The molecule has 1 fully saturated rings. The molecule has 0 amide bonds. The monoisotopic (exact) mass is 314 g/mol. The van der Waals surface area contributed by atoms with Crippen LogP contribution in [0.2, 0.25) is 0 Å². The molecule has 0 aliphatic carbocycles. The first kappa shape index (κ1) is 14.6. The Labute approximate surface area is 135 Å². The summed E-state index contributed by atoms with van der Waals surface area (Å²) in [5.41, 5.74) is 3.62. The molecule has 2 aliphatic rings. The molecule has 0 radical (unpaired) electrons. The number of piperidine rings is 1. The van der Waals surface area contributed by atoms with Gasteiger partial charge in [0.05, 0.1) is 26.2 Å². The number of nitrogens with zero attached hydrogens (tertiary/aromatic N) is 1. The van der Waals surface area contributed by atoms with E-state index in [0.29, 0.717) is 0 Å². The Morgan fingerprint density at radius 2 is 2.17 bits per heavy atom. The number of carbonyl (C=O) groups is 1. The van der Waals surface area contributed by atoms with Crippen molar-refractivity contribution < 1.29 is 14.3 Å². The molecule has 23 heavy (non-hydrogen) atoms. The first-order chi connectivity index (χ1) is 11.2. The Morgan fingerprint density at radius 1 is 1.30 bits per heavy atom. The predicted octanol–water partition coefficient (Wildman–Crippen LogP) is 2.66. The summed E-state index contributed by atoms with van der Waals surface area (Å²) in [6.07, 6.45) is 2.97. The summed E-state index contributed by atoms with van der Waals surface area (Å²) in [7, 11) is 3.17. The summed E-state index contributed by atoms with van der Waals surface area (Å²) in [6.45, 7) is 2.06. The SMILES string of the molecule is COC(=O)[C@H]1CCCN2CCc3c([nH]c4cc(OC)ccc34)[C@H]12. The van der Waals surface area contributed by atoms with Gasteiger partial charge in [-0.15, -0.1) is 0 Å². The maximum atomic E-state index is 12.3. The van der Waals surface area contributed by atoms with Crippen LogP contribution in [-0.4, -0.2) is 43.2 Å². The third kappa shape index (κ3) is 2.22. The van der Waals surface area contributed by atoms with Gasteiger partial charge >= 0.3 is 5.97 Å². The van der Waals surface area contributed by atoms with Crippen molar-refractivity contribution in [1.82, 2.24) is 9.88 Å². The number of aromatic nitrogens is 1. The number of H-pyrrole nitrogens is 1. The van der Waals surface area contributed by atoms with E-state index in [-0.39, 0.29) is 17.9 Å². The Hall–Kier alpha value is -2.01. The fraction of sp³-hybridized carbons (Fsp3) is 0.500.